The third-order valence-electron chi connectivity index (χ3n) is 1.54. The third kappa shape index (κ3) is 2.42. The molecule has 1 aliphatic heterocycles. The van der Waals surface area contributed by atoms with E-state index < -0.39 is 12.1 Å². The molecule has 10 nitrogen and oxygen atoms in total. The third-order valence-corrected chi connectivity index (χ3v) is 1.80. The standard InChI is InChI=1S/C5H8ClN9O/c6-2-5(13-15-9)11-4(12-14-8)1(10-2)3(7)16/h4,11H,(H2,7,16)(H2,8,12)(H2,9,13). The van der Waals surface area contributed by atoms with Gasteiger partial charge in [0.25, 0.3) is 5.91 Å². The van der Waals surface area contributed by atoms with Crippen LogP contribution in [0.15, 0.2) is 36.6 Å². The van der Waals surface area contributed by atoms with Gasteiger partial charge in [-0.3, -0.25) is 4.79 Å². The number of amides is 1. The molecule has 1 heterocycles. The van der Waals surface area contributed by atoms with Gasteiger partial charge >= 0.3 is 0 Å². The fourth-order valence-corrected chi connectivity index (χ4v) is 1.13. The lowest BCUT2D eigenvalue weighted by atomic mass is 10.2. The molecule has 1 atom stereocenters. The highest BCUT2D eigenvalue weighted by Gasteiger charge is 2.27. The van der Waals surface area contributed by atoms with Gasteiger partial charge in [0.2, 0.25) is 0 Å². The van der Waals surface area contributed by atoms with Gasteiger partial charge in [0.05, 0.1) is 0 Å². The quantitative estimate of drug-likeness (QED) is 0.213. The summed E-state index contributed by atoms with van der Waals surface area (Å²) in [5.41, 5.74) is 4.91. The first-order valence-electron chi connectivity index (χ1n) is 3.85. The molecule has 16 heavy (non-hydrogen) atoms. The maximum absolute atomic E-state index is 11.0. The average Bonchev–Trinajstić information content (AvgIpc) is 2.23. The van der Waals surface area contributed by atoms with Crippen molar-refractivity contribution < 1.29 is 4.79 Å². The predicted molar refractivity (Wildman–Crippen MR) is 54.5 cm³/mol. The summed E-state index contributed by atoms with van der Waals surface area (Å²) >= 11 is 5.67. The van der Waals surface area contributed by atoms with E-state index in [9.17, 15) is 4.79 Å². The van der Waals surface area contributed by atoms with Gasteiger partial charge in [0.1, 0.15) is 0 Å². The van der Waals surface area contributed by atoms with E-state index in [0.29, 0.717) is 0 Å². The zero-order chi connectivity index (χ0) is 12.1. The van der Waals surface area contributed by atoms with Crippen molar-refractivity contribution in [2.75, 3.05) is 0 Å². The molecule has 86 valence electrons. The average molecular weight is 246 g/mol. The fourth-order valence-electron chi connectivity index (χ4n) is 0.945. The summed E-state index contributed by atoms with van der Waals surface area (Å²) in [6.07, 6.45) is -0.967. The number of nitrogens with two attached hydrogens (primary N) is 3. The first-order chi connectivity index (χ1) is 7.60. The number of nitrogens with one attached hydrogen (secondary N) is 1. The monoisotopic (exact) mass is 245 g/mol. The molecule has 0 saturated heterocycles. The highest BCUT2D eigenvalue weighted by Crippen LogP contribution is 2.17. The molecular weight excluding hydrogens is 238 g/mol. The molecule has 0 fully saturated rings. The topological polar surface area (TPSA) is 169 Å². The Morgan fingerprint density at radius 2 is 2.12 bits per heavy atom. The van der Waals surface area contributed by atoms with E-state index in [1.807, 2.05) is 0 Å². The number of aliphatic imine (C=N–C) groups is 1. The van der Waals surface area contributed by atoms with Crippen molar-refractivity contribution in [3.63, 3.8) is 0 Å². The number of rotatable bonds is 3. The summed E-state index contributed by atoms with van der Waals surface area (Å²) in [4.78, 5) is 14.7. The van der Waals surface area contributed by atoms with Gasteiger partial charge in [-0.1, -0.05) is 22.0 Å². The van der Waals surface area contributed by atoms with E-state index in [1.54, 1.807) is 0 Å². The zero-order valence-corrected chi connectivity index (χ0v) is 8.59. The van der Waals surface area contributed by atoms with Crippen molar-refractivity contribution in [1.29, 1.82) is 0 Å². The summed E-state index contributed by atoms with van der Waals surface area (Å²) in [6, 6.07) is 0. The molecule has 11 heteroatoms. The van der Waals surface area contributed by atoms with Crippen LogP contribution >= 0.6 is 11.6 Å². The van der Waals surface area contributed by atoms with Crippen LogP contribution in [0.25, 0.3) is 0 Å². The van der Waals surface area contributed by atoms with Crippen LogP contribution in [0.3, 0.4) is 0 Å². The van der Waals surface area contributed by atoms with E-state index in [0.717, 1.165) is 0 Å². The highest BCUT2D eigenvalue weighted by atomic mass is 35.5. The normalized spacial score (nSPS) is 21.3. The van der Waals surface area contributed by atoms with Gasteiger partial charge in [-0.05, 0) is 0 Å². The van der Waals surface area contributed by atoms with Gasteiger partial charge in [-0.25, -0.2) is 4.99 Å². The second-order valence-corrected chi connectivity index (χ2v) is 2.85. The van der Waals surface area contributed by atoms with Crippen LogP contribution < -0.4 is 22.7 Å². The molecule has 0 aliphatic carbocycles. The Morgan fingerprint density at radius 3 is 2.62 bits per heavy atom. The smallest absolute Gasteiger partial charge is 0.267 e. The van der Waals surface area contributed by atoms with Crippen LogP contribution in [0.4, 0.5) is 0 Å². The lowest BCUT2D eigenvalue weighted by molar-refractivity contribution is -0.112. The maximum atomic E-state index is 11.0. The summed E-state index contributed by atoms with van der Waals surface area (Å²) in [7, 11) is 0. The van der Waals surface area contributed by atoms with E-state index in [-0.39, 0.29) is 16.7 Å². The molecule has 0 aromatic heterocycles. The van der Waals surface area contributed by atoms with Crippen LogP contribution in [0.1, 0.15) is 0 Å². The maximum Gasteiger partial charge on any atom is 0.267 e. The number of carbonyl (C=O) groups excluding carboxylic acids is 1. The van der Waals surface area contributed by atoms with Gasteiger partial charge in [-0.2, -0.15) is 0 Å². The lowest BCUT2D eigenvalue weighted by Gasteiger charge is -2.18. The van der Waals surface area contributed by atoms with Crippen LogP contribution in [0.2, 0.25) is 0 Å². The van der Waals surface area contributed by atoms with Crippen molar-refractivity contribution in [3.05, 3.63) is 11.0 Å². The molecule has 0 aromatic carbocycles. The second-order valence-electron chi connectivity index (χ2n) is 2.49. The summed E-state index contributed by atoms with van der Waals surface area (Å²) in [5, 5.41) is 15.4. The summed E-state index contributed by atoms with van der Waals surface area (Å²) in [5.74, 6) is 8.92. The molecule has 7 N–H and O–H groups in total. The Labute approximate surface area is 94.3 Å². The first kappa shape index (κ1) is 11.8. The van der Waals surface area contributed by atoms with Crippen LogP contribution in [-0.4, -0.2) is 17.8 Å². The Kier molecular flexibility index (Phi) is 3.72. The lowest BCUT2D eigenvalue weighted by Crippen LogP contribution is -2.44. The molecule has 1 unspecified atom stereocenters. The van der Waals surface area contributed by atoms with Crippen molar-refractivity contribution in [3.8, 4) is 0 Å². The van der Waals surface area contributed by atoms with Gasteiger partial charge in [0.15, 0.2) is 22.9 Å². The van der Waals surface area contributed by atoms with Crippen molar-refractivity contribution in [1.82, 2.24) is 5.32 Å². The Bertz CT molecular complexity index is 410. The van der Waals surface area contributed by atoms with Crippen molar-refractivity contribution >= 4 is 23.2 Å². The zero-order valence-electron chi connectivity index (χ0n) is 7.83. The van der Waals surface area contributed by atoms with Gasteiger partial charge in [-0.15, -0.1) is 10.2 Å². The van der Waals surface area contributed by atoms with Crippen LogP contribution in [-0.2, 0) is 4.79 Å². The van der Waals surface area contributed by atoms with Crippen LogP contribution in [0, 0.1) is 0 Å². The molecule has 0 saturated carbocycles. The minimum absolute atomic E-state index is 0.0339. The second kappa shape index (κ2) is 5.02. The molecule has 0 aromatic rings. The fraction of sp³-hybridized carbons (Fsp3) is 0.200. The number of hydrogen-bond acceptors (Lipinski definition) is 7. The molecule has 1 aliphatic rings. The van der Waals surface area contributed by atoms with E-state index >= 15 is 0 Å². The minimum atomic E-state index is -0.967. The molecule has 1 amide bonds. The summed E-state index contributed by atoms with van der Waals surface area (Å²) < 4.78 is 0. The Morgan fingerprint density at radius 1 is 1.44 bits per heavy atom. The molecule has 0 radical (unpaired) electrons. The predicted octanol–water partition coefficient (Wildman–Crippen LogP) is -1.14. The Hall–Kier alpha value is -2.23. The number of halogens is 1. The molecule has 0 spiro atoms. The Balaban J connectivity index is 3.12. The summed E-state index contributed by atoms with van der Waals surface area (Å²) in [6.45, 7) is 0. The first-order valence-corrected chi connectivity index (χ1v) is 4.23. The van der Waals surface area contributed by atoms with Crippen molar-refractivity contribution in [2.45, 2.75) is 6.17 Å². The van der Waals surface area contributed by atoms with E-state index in [1.165, 1.54) is 0 Å². The van der Waals surface area contributed by atoms with Crippen molar-refractivity contribution in [2.24, 2.45) is 43.1 Å². The number of primary amides is 1. The largest absolute Gasteiger partial charge is 0.364 e. The molecule has 1 rings (SSSR count). The number of carbonyl (C=O) groups is 1. The van der Waals surface area contributed by atoms with Gasteiger partial charge in [0, 0.05) is 0 Å². The van der Waals surface area contributed by atoms with E-state index in [4.69, 9.17) is 29.0 Å². The number of nitrogens with zero attached hydrogens (tertiary/aromatic N) is 5. The minimum Gasteiger partial charge on any atom is -0.364 e. The molecule has 0 bridgehead atoms. The highest BCUT2D eigenvalue weighted by molar-refractivity contribution is 6.42. The number of hydrogen-bond donors (Lipinski definition) is 4. The van der Waals surface area contributed by atoms with Gasteiger partial charge < -0.3 is 22.7 Å². The van der Waals surface area contributed by atoms with E-state index in [2.05, 4.69) is 31.0 Å². The van der Waals surface area contributed by atoms with Crippen LogP contribution in [0.5, 0.6) is 0 Å². The SMILES string of the molecule is NN=NC1=C(Cl)N=C(C(N)=O)C(N=NN)N1. The molecular formula is C5H8ClN9O.